The summed E-state index contributed by atoms with van der Waals surface area (Å²) in [6.07, 6.45) is 40.2. The second-order valence-electron chi connectivity index (χ2n) is 18.9. The van der Waals surface area contributed by atoms with E-state index < -0.39 is 0 Å². The van der Waals surface area contributed by atoms with E-state index in [9.17, 15) is 14.4 Å². The normalized spacial score (nSPS) is 12.2. The van der Waals surface area contributed by atoms with Crippen molar-refractivity contribution in [3.05, 3.63) is 0 Å². The third kappa shape index (κ3) is 35.4. The number of hydrogen-bond acceptors (Lipinski definition) is 6. The Morgan fingerprint density at radius 1 is 0.377 bits per heavy atom. The Bertz CT molecular complexity index is 875. The Kier molecular flexibility index (Phi) is 43.8. The topological polar surface area (TPSA) is 76.1 Å². The molecule has 0 radical (unpaired) electrons. The molecule has 0 saturated carbocycles. The molecule has 0 aromatic rings. The van der Waals surface area contributed by atoms with Gasteiger partial charge in [0.25, 0.3) is 0 Å². The summed E-state index contributed by atoms with van der Waals surface area (Å²) in [5.41, 5.74) is 0. The highest BCUT2D eigenvalue weighted by Gasteiger charge is 2.26. The third-order valence-electron chi connectivity index (χ3n) is 12.8. The van der Waals surface area contributed by atoms with E-state index in [1.165, 1.54) is 154 Å². The highest BCUT2D eigenvalue weighted by molar-refractivity contribution is 5.79. The van der Waals surface area contributed by atoms with E-state index >= 15 is 0 Å². The second kappa shape index (κ2) is 45.0. The fourth-order valence-electron chi connectivity index (χ4n) is 8.94. The summed E-state index contributed by atoms with van der Waals surface area (Å²) < 4.78 is 12.1. The van der Waals surface area contributed by atoms with Gasteiger partial charge in [-0.2, -0.15) is 0 Å². The first-order valence-electron chi connectivity index (χ1n) is 27.1. The van der Waals surface area contributed by atoms with E-state index in [-0.39, 0.29) is 48.8 Å². The summed E-state index contributed by atoms with van der Waals surface area (Å²) in [7, 11) is 0. The number of carbonyl (C=O) groups excluding carboxylic acids is 3. The molecule has 0 aliphatic rings. The predicted octanol–water partition coefficient (Wildman–Crippen LogP) is 15.5. The molecule has 0 aliphatic heterocycles. The van der Waals surface area contributed by atoms with Crippen LogP contribution in [0.2, 0.25) is 0 Å². The van der Waals surface area contributed by atoms with E-state index in [4.69, 9.17) is 9.47 Å². The van der Waals surface area contributed by atoms with Crippen molar-refractivity contribution in [2.24, 2.45) is 17.8 Å². The minimum atomic E-state index is -0.200. The van der Waals surface area contributed by atoms with Gasteiger partial charge in [0, 0.05) is 12.5 Å². The highest BCUT2D eigenvalue weighted by atomic mass is 16.5. The minimum Gasteiger partial charge on any atom is -0.464 e. The summed E-state index contributed by atoms with van der Waals surface area (Å²) >= 11 is 0. The SMILES string of the molecule is CCCCCCCCCC(CCCCCCCCC)C(=O)OCCN(CCOC(=O)C(CCCCCCCCC)CCCCCCCCC)C(=O)C(C)CN(CCC)CCC. The molecule has 7 nitrogen and oxygen atoms in total. The van der Waals surface area contributed by atoms with Gasteiger partial charge in [-0.15, -0.1) is 0 Å². The Morgan fingerprint density at radius 3 is 0.934 bits per heavy atom. The maximum atomic E-state index is 14.1. The van der Waals surface area contributed by atoms with Gasteiger partial charge in [-0.3, -0.25) is 14.4 Å². The third-order valence-corrected chi connectivity index (χ3v) is 12.8. The molecule has 0 spiro atoms. The molecule has 362 valence electrons. The Labute approximate surface area is 380 Å². The molecule has 0 fully saturated rings. The van der Waals surface area contributed by atoms with Crippen LogP contribution in [0.1, 0.15) is 267 Å². The molecule has 0 N–H and O–H groups in total. The van der Waals surface area contributed by atoms with Crippen LogP contribution in [0, 0.1) is 17.8 Å². The second-order valence-corrected chi connectivity index (χ2v) is 18.9. The lowest BCUT2D eigenvalue weighted by atomic mass is 9.94. The zero-order valence-corrected chi connectivity index (χ0v) is 42.2. The summed E-state index contributed by atoms with van der Waals surface area (Å²) in [4.78, 5) is 45.6. The number of unbranched alkanes of at least 4 members (excludes halogenated alkanes) is 24. The molecule has 1 unspecified atom stereocenters. The van der Waals surface area contributed by atoms with Gasteiger partial charge < -0.3 is 19.3 Å². The summed E-state index contributed by atoms with van der Waals surface area (Å²) in [6, 6.07) is 0. The van der Waals surface area contributed by atoms with Crippen LogP contribution < -0.4 is 0 Å². The van der Waals surface area contributed by atoms with Gasteiger partial charge in [0.2, 0.25) is 5.91 Å². The number of hydrogen-bond donors (Lipinski definition) is 0. The molecule has 0 aromatic carbocycles. The van der Waals surface area contributed by atoms with Crippen molar-refractivity contribution in [3.63, 3.8) is 0 Å². The Morgan fingerprint density at radius 2 is 0.656 bits per heavy atom. The lowest BCUT2D eigenvalue weighted by molar-refractivity contribution is -0.153. The van der Waals surface area contributed by atoms with Gasteiger partial charge in [-0.25, -0.2) is 0 Å². The van der Waals surface area contributed by atoms with Crippen molar-refractivity contribution < 1.29 is 23.9 Å². The van der Waals surface area contributed by atoms with Crippen LogP contribution in [0.3, 0.4) is 0 Å². The minimum absolute atomic E-state index is 0.0506. The van der Waals surface area contributed by atoms with Gasteiger partial charge in [0.1, 0.15) is 13.2 Å². The van der Waals surface area contributed by atoms with Crippen molar-refractivity contribution in [3.8, 4) is 0 Å². The number of rotatable bonds is 47. The van der Waals surface area contributed by atoms with E-state index in [0.717, 1.165) is 77.3 Å². The molecular formula is C54H106N2O5. The molecule has 0 aromatic heterocycles. The molecule has 0 rings (SSSR count). The molecule has 0 heterocycles. The van der Waals surface area contributed by atoms with Crippen LogP contribution in [-0.2, 0) is 23.9 Å². The van der Waals surface area contributed by atoms with Crippen LogP contribution in [0.5, 0.6) is 0 Å². The molecule has 0 saturated heterocycles. The first-order valence-corrected chi connectivity index (χ1v) is 27.1. The lowest BCUT2D eigenvalue weighted by Crippen LogP contribution is -2.44. The van der Waals surface area contributed by atoms with Gasteiger partial charge in [0.15, 0.2) is 0 Å². The summed E-state index contributed by atoms with van der Waals surface area (Å²) in [6.45, 7) is 19.1. The monoisotopic (exact) mass is 863 g/mol. The van der Waals surface area contributed by atoms with Crippen molar-refractivity contribution >= 4 is 17.8 Å². The van der Waals surface area contributed by atoms with Gasteiger partial charge in [-0.1, -0.05) is 228 Å². The molecule has 0 bridgehead atoms. The van der Waals surface area contributed by atoms with Crippen molar-refractivity contribution in [2.45, 2.75) is 267 Å². The van der Waals surface area contributed by atoms with E-state index in [1.807, 2.05) is 11.8 Å². The Balaban J connectivity index is 5.62. The number of esters is 2. The molecule has 1 atom stereocenters. The van der Waals surface area contributed by atoms with E-state index in [2.05, 4.69) is 46.4 Å². The Hall–Kier alpha value is -1.63. The molecule has 7 heteroatoms. The van der Waals surface area contributed by atoms with Crippen molar-refractivity contribution in [1.29, 1.82) is 0 Å². The van der Waals surface area contributed by atoms with Crippen LogP contribution in [0.15, 0.2) is 0 Å². The number of ether oxygens (including phenoxy) is 2. The largest absolute Gasteiger partial charge is 0.464 e. The van der Waals surface area contributed by atoms with Crippen molar-refractivity contribution in [2.75, 3.05) is 45.9 Å². The van der Waals surface area contributed by atoms with Gasteiger partial charge in [0.05, 0.1) is 24.9 Å². The maximum Gasteiger partial charge on any atom is 0.308 e. The zero-order chi connectivity index (χ0) is 45.0. The van der Waals surface area contributed by atoms with E-state index in [0.29, 0.717) is 19.6 Å². The molecule has 1 amide bonds. The molecule has 0 aliphatic carbocycles. The highest BCUT2D eigenvalue weighted by Crippen LogP contribution is 2.23. The van der Waals surface area contributed by atoms with Crippen molar-refractivity contribution in [1.82, 2.24) is 9.80 Å². The number of amides is 1. The van der Waals surface area contributed by atoms with Crippen LogP contribution in [0.25, 0.3) is 0 Å². The van der Waals surface area contributed by atoms with Crippen LogP contribution in [0.4, 0.5) is 0 Å². The van der Waals surface area contributed by atoms with Crippen LogP contribution >= 0.6 is 0 Å². The smallest absolute Gasteiger partial charge is 0.308 e. The first kappa shape index (κ1) is 59.4. The quantitative estimate of drug-likeness (QED) is 0.0448. The zero-order valence-electron chi connectivity index (χ0n) is 42.2. The lowest BCUT2D eigenvalue weighted by Gasteiger charge is -2.29. The fraction of sp³-hybridized carbons (Fsp3) is 0.944. The first-order chi connectivity index (χ1) is 29.8. The summed E-state index contributed by atoms with van der Waals surface area (Å²) in [5.74, 6) is -0.490. The van der Waals surface area contributed by atoms with Gasteiger partial charge >= 0.3 is 11.9 Å². The number of nitrogens with zero attached hydrogens (tertiary/aromatic N) is 2. The summed E-state index contributed by atoms with van der Waals surface area (Å²) in [5, 5.41) is 0. The fourth-order valence-corrected chi connectivity index (χ4v) is 8.94. The number of carbonyl (C=O) groups is 3. The average molecular weight is 863 g/mol. The van der Waals surface area contributed by atoms with Crippen LogP contribution in [-0.4, -0.2) is 73.6 Å². The predicted molar refractivity (Wildman–Crippen MR) is 262 cm³/mol. The molecular weight excluding hydrogens is 757 g/mol. The van der Waals surface area contributed by atoms with Gasteiger partial charge in [-0.05, 0) is 51.6 Å². The average Bonchev–Trinajstić information content (AvgIpc) is 3.25. The maximum absolute atomic E-state index is 14.1. The van der Waals surface area contributed by atoms with E-state index in [1.54, 1.807) is 0 Å². The molecule has 61 heavy (non-hydrogen) atoms. The standard InChI is InChI=1S/C54H106N2O5/c1-8-14-18-22-26-30-34-38-50(39-35-31-27-23-19-15-9-2)53(58)60-46-44-56(52(57)49(7)48-55(42-12-5)43-13-6)45-47-61-54(59)51(40-36-32-28-24-20-16-10-3)41-37-33-29-25-21-17-11-4/h49-51H,8-48H2,1-7H3.